The summed E-state index contributed by atoms with van der Waals surface area (Å²) in [5, 5.41) is 14.2. The average molecular weight is 326 g/mol. The number of guanidine groups is 1. The number of benzene rings is 2. The number of esters is 1. The third-order valence-electron chi connectivity index (χ3n) is 3.23. The van der Waals surface area contributed by atoms with E-state index in [0.29, 0.717) is 17.1 Å². The zero-order chi connectivity index (χ0) is 17.5. The smallest absolute Gasteiger partial charge is 0.343 e. The molecule has 2 aromatic rings. The van der Waals surface area contributed by atoms with Gasteiger partial charge in [0, 0.05) is 0 Å². The summed E-state index contributed by atoms with van der Waals surface area (Å²) in [6.07, 6.45) is 0. The lowest BCUT2D eigenvalue weighted by Crippen LogP contribution is -2.10. The molecule has 0 aliphatic rings. The highest BCUT2D eigenvalue weighted by Gasteiger charge is 2.14. The Bertz CT molecular complexity index is 787. The second-order valence-electron chi connectivity index (χ2n) is 4.97. The van der Waals surface area contributed by atoms with Gasteiger partial charge < -0.3 is 15.2 Å². The number of hydrogen-bond acceptors (Lipinski definition) is 5. The summed E-state index contributed by atoms with van der Waals surface area (Å²) in [4.78, 5) is 12.3. The van der Waals surface area contributed by atoms with Crippen molar-refractivity contribution in [2.45, 2.75) is 13.5 Å². The van der Waals surface area contributed by atoms with Crippen molar-refractivity contribution in [3.05, 3.63) is 59.2 Å². The number of azo groups is 1. The van der Waals surface area contributed by atoms with E-state index >= 15 is 0 Å². The highest BCUT2D eigenvalue weighted by molar-refractivity contribution is 5.92. The van der Waals surface area contributed by atoms with Crippen molar-refractivity contribution in [2.75, 3.05) is 7.11 Å². The first-order valence-electron chi connectivity index (χ1n) is 7.17. The largest absolute Gasteiger partial charge is 0.493 e. The summed E-state index contributed by atoms with van der Waals surface area (Å²) in [5.74, 6) is -0.0772. The van der Waals surface area contributed by atoms with Crippen LogP contribution in [-0.2, 0) is 6.54 Å². The zero-order valence-corrected chi connectivity index (χ0v) is 13.4. The highest BCUT2D eigenvalue weighted by Crippen LogP contribution is 2.29. The van der Waals surface area contributed by atoms with Gasteiger partial charge in [-0.3, -0.25) is 5.41 Å². The van der Waals surface area contributed by atoms with Crippen LogP contribution in [0.25, 0.3) is 0 Å². The molecular formula is C17H18N4O3. The Balaban J connectivity index is 2.17. The van der Waals surface area contributed by atoms with Crippen molar-refractivity contribution in [2.24, 2.45) is 16.0 Å². The number of carbonyl (C=O) groups excluding carboxylic acids is 1. The fraction of sp³-hybridized carbons (Fsp3) is 0.176. The van der Waals surface area contributed by atoms with Crippen molar-refractivity contribution in [3.8, 4) is 11.5 Å². The van der Waals surface area contributed by atoms with Crippen LogP contribution >= 0.6 is 0 Å². The van der Waals surface area contributed by atoms with E-state index < -0.39 is 5.97 Å². The van der Waals surface area contributed by atoms with E-state index in [1.165, 1.54) is 7.11 Å². The molecule has 0 heterocycles. The molecule has 124 valence electrons. The summed E-state index contributed by atoms with van der Waals surface area (Å²) in [6, 6.07) is 12.3. The van der Waals surface area contributed by atoms with E-state index in [9.17, 15) is 4.79 Å². The first-order valence-corrected chi connectivity index (χ1v) is 7.17. The first-order chi connectivity index (χ1) is 11.5. The minimum atomic E-state index is -0.449. The Morgan fingerprint density at radius 1 is 1.21 bits per heavy atom. The predicted molar refractivity (Wildman–Crippen MR) is 89.6 cm³/mol. The van der Waals surface area contributed by atoms with Crippen LogP contribution in [0.5, 0.6) is 11.5 Å². The number of aryl methyl sites for hydroxylation is 1. The van der Waals surface area contributed by atoms with Crippen molar-refractivity contribution in [1.82, 2.24) is 0 Å². The van der Waals surface area contributed by atoms with Gasteiger partial charge in [0.2, 0.25) is 5.96 Å². The molecule has 0 bridgehead atoms. The molecule has 0 saturated carbocycles. The summed E-state index contributed by atoms with van der Waals surface area (Å²) >= 11 is 0. The zero-order valence-electron chi connectivity index (χ0n) is 13.4. The maximum Gasteiger partial charge on any atom is 0.343 e. The molecule has 0 aliphatic carbocycles. The summed E-state index contributed by atoms with van der Waals surface area (Å²) < 4.78 is 10.7. The fourth-order valence-corrected chi connectivity index (χ4v) is 2.04. The van der Waals surface area contributed by atoms with Crippen molar-refractivity contribution in [1.29, 1.82) is 5.41 Å². The van der Waals surface area contributed by atoms with E-state index in [2.05, 4.69) is 10.2 Å². The van der Waals surface area contributed by atoms with Crippen molar-refractivity contribution in [3.63, 3.8) is 0 Å². The van der Waals surface area contributed by atoms with Gasteiger partial charge in [0.25, 0.3) is 0 Å². The van der Waals surface area contributed by atoms with Gasteiger partial charge in [-0.25, -0.2) is 4.79 Å². The molecule has 0 unspecified atom stereocenters. The van der Waals surface area contributed by atoms with Crippen molar-refractivity contribution >= 4 is 11.9 Å². The number of carbonyl (C=O) groups is 1. The van der Waals surface area contributed by atoms with Gasteiger partial charge in [-0.2, -0.15) is 5.11 Å². The minimum absolute atomic E-state index is 0.238. The molecule has 0 radical (unpaired) electrons. The molecule has 24 heavy (non-hydrogen) atoms. The van der Waals surface area contributed by atoms with E-state index in [-0.39, 0.29) is 12.5 Å². The quantitative estimate of drug-likeness (QED) is 0.289. The molecular weight excluding hydrogens is 308 g/mol. The Kier molecular flexibility index (Phi) is 5.62. The van der Waals surface area contributed by atoms with E-state index in [1.54, 1.807) is 30.3 Å². The first kappa shape index (κ1) is 17.1. The van der Waals surface area contributed by atoms with Gasteiger partial charge in [0.1, 0.15) is 0 Å². The molecule has 0 aromatic heterocycles. The molecule has 0 fully saturated rings. The van der Waals surface area contributed by atoms with Gasteiger partial charge >= 0.3 is 5.97 Å². The minimum Gasteiger partial charge on any atom is -0.493 e. The van der Waals surface area contributed by atoms with Gasteiger partial charge in [-0.1, -0.05) is 24.3 Å². The number of nitrogens with one attached hydrogen (secondary N) is 1. The Morgan fingerprint density at radius 2 is 1.96 bits per heavy atom. The average Bonchev–Trinajstić information content (AvgIpc) is 2.56. The Hall–Kier alpha value is -3.22. The molecule has 0 spiro atoms. The summed E-state index contributed by atoms with van der Waals surface area (Å²) in [5.41, 5.74) is 7.22. The maximum absolute atomic E-state index is 12.3. The molecule has 7 heteroatoms. The molecule has 0 amide bonds. The number of nitrogens with zero attached hydrogens (tertiary/aromatic N) is 2. The van der Waals surface area contributed by atoms with Gasteiger partial charge in [0.15, 0.2) is 11.5 Å². The van der Waals surface area contributed by atoms with Crippen LogP contribution in [0.4, 0.5) is 0 Å². The van der Waals surface area contributed by atoms with Crippen LogP contribution in [0.1, 0.15) is 21.5 Å². The van der Waals surface area contributed by atoms with Crippen LogP contribution in [0, 0.1) is 12.3 Å². The normalized spacial score (nSPS) is 10.6. The molecule has 7 nitrogen and oxygen atoms in total. The standard InChI is InChI=1S/C17H18N4O3/c1-11-5-3-4-6-13(11)16(22)24-14-8-7-12(9-15(14)23-2)10-20-21-17(18)19/h3-9H,10H2,1-2H3,(H3,18,19). The number of hydrogen-bond donors (Lipinski definition) is 2. The predicted octanol–water partition coefficient (Wildman–Crippen LogP) is 3.07. The Morgan fingerprint density at radius 3 is 2.62 bits per heavy atom. The third kappa shape index (κ3) is 4.39. The number of ether oxygens (including phenoxy) is 2. The highest BCUT2D eigenvalue weighted by atomic mass is 16.6. The van der Waals surface area contributed by atoms with E-state index in [4.69, 9.17) is 20.6 Å². The molecule has 0 atom stereocenters. The van der Waals surface area contributed by atoms with Crippen molar-refractivity contribution < 1.29 is 14.3 Å². The monoisotopic (exact) mass is 326 g/mol. The van der Waals surface area contributed by atoms with Crippen LogP contribution < -0.4 is 15.2 Å². The second-order valence-corrected chi connectivity index (χ2v) is 4.97. The molecule has 2 rings (SSSR count). The third-order valence-corrected chi connectivity index (χ3v) is 3.23. The van der Waals surface area contributed by atoms with Crippen LogP contribution in [0.2, 0.25) is 0 Å². The Labute approximate surface area is 139 Å². The number of rotatable bonds is 5. The SMILES string of the molecule is COc1cc(CN=NC(=N)N)ccc1OC(=O)c1ccccc1C. The van der Waals surface area contributed by atoms with E-state index in [0.717, 1.165) is 11.1 Å². The summed E-state index contributed by atoms with van der Waals surface area (Å²) in [7, 11) is 1.49. The van der Waals surface area contributed by atoms with E-state index in [1.807, 2.05) is 19.1 Å². The lowest BCUT2D eigenvalue weighted by molar-refractivity contribution is 0.0729. The topological polar surface area (TPSA) is 110 Å². The molecule has 0 aliphatic heterocycles. The van der Waals surface area contributed by atoms with Crippen LogP contribution in [0.3, 0.4) is 0 Å². The van der Waals surface area contributed by atoms with Gasteiger partial charge in [0.05, 0.1) is 19.2 Å². The molecule has 0 saturated heterocycles. The fourth-order valence-electron chi connectivity index (χ4n) is 2.04. The number of methoxy groups -OCH3 is 1. The van der Waals surface area contributed by atoms with Crippen LogP contribution in [-0.4, -0.2) is 19.0 Å². The maximum atomic E-state index is 12.3. The second kappa shape index (κ2) is 7.87. The van der Waals surface area contributed by atoms with Gasteiger partial charge in [-0.15, -0.1) is 5.11 Å². The summed E-state index contributed by atoms with van der Waals surface area (Å²) in [6.45, 7) is 2.08. The van der Waals surface area contributed by atoms with Crippen LogP contribution in [0.15, 0.2) is 52.7 Å². The number of nitrogens with two attached hydrogens (primary N) is 1. The molecule has 2 aromatic carbocycles. The lowest BCUT2D eigenvalue weighted by atomic mass is 10.1. The molecule has 3 N–H and O–H groups in total. The van der Waals surface area contributed by atoms with Gasteiger partial charge in [-0.05, 0) is 36.2 Å². The lowest BCUT2D eigenvalue weighted by Gasteiger charge is -2.11.